The van der Waals surface area contributed by atoms with Gasteiger partial charge in [0.15, 0.2) is 0 Å². The first-order chi connectivity index (χ1) is 12.7. The molecule has 132 valence electrons. The van der Waals surface area contributed by atoms with Crippen LogP contribution in [0.2, 0.25) is 0 Å². The second-order valence-electron chi connectivity index (χ2n) is 7.01. The van der Waals surface area contributed by atoms with Crippen molar-refractivity contribution < 1.29 is 10.2 Å². The van der Waals surface area contributed by atoms with E-state index in [0.29, 0.717) is 11.5 Å². The maximum atomic E-state index is 10.4. The minimum atomic E-state index is 0.146. The lowest BCUT2D eigenvalue weighted by molar-refractivity contribution is 0.322. The van der Waals surface area contributed by atoms with Crippen LogP contribution >= 0.6 is 0 Å². The van der Waals surface area contributed by atoms with Crippen molar-refractivity contribution in [1.82, 2.24) is 4.90 Å². The van der Waals surface area contributed by atoms with Gasteiger partial charge in [0.2, 0.25) is 0 Å². The summed E-state index contributed by atoms with van der Waals surface area (Å²) in [6.45, 7) is 2.58. The maximum Gasteiger partial charge on any atom is 0.119 e. The van der Waals surface area contributed by atoms with Crippen molar-refractivity contribution in [3.8, 4) is 11.5 Å². The van der Waals surface area contributed by atoms with Crippen LogP contribution in [0.15, 0.2) is 78.9 Å². The Kier molecular flexibility index (Phi) is 4.63. The van der Waals surface area contributed by atoms with Crippen molar-refractivity contribution in [2.45, 2.75) is 18.4 Å². The standard InChI is InChI=1S/C23H23NO2/c25-22-12-6-4-10-18(22)20-15-24(14-17-8-2-1-3-9-17)16-21(20)19-11-5-7-13-23(19)26/h1-13,20-21,25-26H,14-16H2/t20-,21+. The minimum absolute atomic E-state index is 0.146. The number of hydrogen-bond donors (Lipinski definition) is 2. The molecule has 3 aromatic carbocycles. The van der Waals surface area contributed by atoms with Gasteiger partial charge in [0.1, 0.15) is 11.5 Å². The lowest BCUT2D eigenvalue weighted by Gasteiger charge is -2.21. The van der Waals surface area contributed by atoms with Crippen molar-refractivity contribution in [2.75, 3.05) is 13.1 Å². The van der Waals surface area contributed by atoms with E-state index in [1.54, 1.807) is 12.1 Å². The third-order valence-electron chi connectivity index (χ3n) is 5.32. The fraction of sp³-hybridized carbons (Fsp3) is 0.217. The molecule has 3 aromatic rings. The first-order valence-electron chi connectivity index (χ1n) is 9.04. The lowest BCUT2D eigenvalue weighted by atomic mass is 9.83. The minimum Gasteiger partial charge on any atom is -0.508 e. The molecule has 4 rings (SSSR count). The molecular formula is C23H23NO2. The third kappa shape index (κ3) is 3.31. The van der Waals surface area contributed by atoms with Crippen molar-refractivity contribution in [2.24, 2.45) is 0 Å². The highest BCUT2D eigenvalue weighted by Crippen LogP contribution is 2.45. The van der Waals surface area contributed by atoms with Gasteiger partial charge in [-0.3, -0.25) is 4.90 Å². The van der Waals surface area contributed by atoms with Gasteiger partial charge in [-0.2, -0.15) is 0 Å². The van der Waals surface area contributed by atoms with E-state index in [9.17, 15) is 10.2 Å². The van der Waals surface area contributed by atoms with E-state index in [4.69, 9.17) is 0 Å². The van der Waals surface area contributed by atoms with Crippen LogP contribution in [0.1, 0.15) is 28.5 Å². The van der Waals surface area contributed by atoms with Crippen LogP contribution < -0.4 is 0 Å². The highest BCUT2D eigenvalue weighted by Gasteiger charge is 2.37. The first-order valence-corrected chi connectivity index (χ1v) is 9.04. The summed E-state index contributed by atoms with van der Waals surface area (Å²) in [6, 6.07) is 25.6. The van der Waals surface area contributed by atoms with Gasteiger partial charge in [-0.05, 0) is 28.8 Å². The maximum absolute atomic E-state index is 10.4. The fourth-order valence-corrected chi connectivity index (χ4v) is 4.09. The molecule has 0 bridgehead atoms. The summed E-state index contributed by atoms with van der Waals surface area (Å²) in [6.07, 6.45) is 0. The zero-order valence-corrected chi connectivity index (χ0v) is 14.6. The smallest absolute Gasteiger partial charge is 0.119 e. The van der Waals surface area contributed by atoms with Gasteiger partial charge in [-0.25, -0.2) is 0 Å². The van der Waals surface area contributed by atoms with Crippen molar-refractivity contribution in [3.63, 3.8) is 0 Å². The molecule has 0 radical (unpaired) electrons. The van der Waals surface area contributed by atoms with E-state index in [0.717, 1.165) is 30.8 Å². The Morgan fingerprint density at radius 3 is 1.62 bits per heavy atom. The molecule has 1 fully saturated rings. The number of likely N-dealkylation sites (tertiary alicyclic amines) is 1. The molecular weight excluding hydrogens is 322 g/mol. The van der Waals surface area contributed by atoms with Crippen LogP contribution in [0.5, 0.6) is 11.5 Å². The Hall–Kier alpha value is -2.78. The van der Waals surface area contributed by atoms with Crippen molar-refractivity contribution in [1.29, 1.82) is 0 Å². The van der Waals surface area contributed by atoms with Crippen LogP contribution in [0.3, 0.4) is 0 Å². The lowest BCUT2D eigenvalue weighted by Crippen LogP contribution is -2.20. The van der Waals surface area contributed by atoms with E-state index in [1.807, 2.05) is 42.5 Å². The molecule has 0 unspecified atom stereocenters. The Balaban J connectivity index is 1.67. The van der Waals surface area contributed by atoms with E-state index in [-0.39, 0.29) is 11.8 Å². The highest BCUT2D eigenvalue weighted by molar-refractivity contribution is 5.43. The zero-order chi connectivity index (χ0) is 17.9. The SMILES string of the molecule is Oc1ccccc1[C@H]1CN(Cc2ccccc2)C[C@H]1c1ccccc1O. The molecule has 0 aromatic heterocycles. The second-order valence-corrected chi connectivity index (χ2v) is 7.01. The monoisotopic (exact) mass is 345 g/mol. The van der Waals surface area contributed by atoms with Gasteiger partial charge >= 0.3 is 0 Å². The molecule has 0 amide bonds. The van der Waals surface area contributed by atoms with E-state index >= 15 is 0 Å². The van der Waals surface area contributed by atoms with Gasteiger partial charge < -0.3 is 10.2 Å². The topological polar surface area (TPSA) is 43.7 Å². The Bertz CT molecular complexity index is 825. The molecule has 3 heteroatoms. The highest BCUT2D eigenvalue weighted by atomic mass is 16.3. The Morgan fingerprint density at radius 1 is 0.654 bits per heavy atom. The summed E-state index contributed by atoms with van der Waals surface area (Å²) in [5.41, 5.74) is 3.19. The average Bonchev–Trinajstić information content (AvgIpc) is 3.06. The van der Waals surface area contributed by atoms with E-state index < -0.39 is 0 Å². The number of phenolic OH excluding ortho intramolecular Hbond substituents is 2. The van der Waals surface area contributed by atoms with Gasteiger partial charge in [0, 0.05) is 31.5 Å². The van der Waals surface area contributed by atoms with Crippen LogP contribution in [0.4, 0.5) is 0 Å². The van der Waals surface area contributed by atoms with Gasteiger partial charge in [0.25, 0.3) is 0 Å². The molecule has 0 saturated carbocycles. The van der Waals surface area contributed by atoms with E-state index in [1.165, 1.54) is 5.56 Å². The predicted molar refractivity (Wildman–Crippen MR) is 103 cm³/mol. The molecule has 1 aliphatic rings. The number of nitrogens with zero attached hydrogens (tertiary/aromatic N) is 1. The molecule has 1 heterocycles. The summed E-state index contributed by atoms with van der Waals surface area (Å²) in [5, 5.41) is 20.8. The molecule has 2 N–H and O–H groups in total. The largest absolute Gasteiger partial charge is 0.508 e. The summed E-state index contributed by atoms with van der Waals surface area (Å²) >= 11 is 0. The average molecular weight is 345 g/mol. The molecule has 0 aliphatic carbocycles. The number of benzene rings is 3. The van der Waals surface area contributed by atoms with Crippen molar-refractivity contribution in [3.05, 3.63) is 95.6 Å². The summed E-state index contributed by atoms with van der Waals surface area (Å²) in [5.74, 6) is 0.959. The van der Waals surface area contributed by atoms with Crippen LogP contribution in [0.25, 0.3) is 0 Å². The molecule has 1 aliphatic heterocycles. The second kappa shape index (κ2) is 7.22. The number of rotatable bonds is 4. The quantitative estimate of drug-likeness (QED) is 0.733. The molecule has 2 atom stereocenters. The first kappa shape index (κ1) is 16.7. The molecule has 0 spiro atoms. The van der Waals surface area contributed by atoms with Gasteiger partial charge in [-0.15, -0.1) is 0 Å². The van der Waals surface area contributed by atoms with Crippen molar-refractivity contribution >= 4 is 0 Å². The fourth-order valence-electron chi connectivity index (χ4n) is 4.09. The summed E-state index contributed by atoms with van der Waals surface area (Å²) in [4.78, 5) is 2.41. The molecule has 3 nitrogen and oxygen atoms in total. The van der Waals surface area contributed by atoms with E-state index in [2.05, 4.69) is 29.2 Å². The number of aromatic hydroxyl groups is 2. The van der Waals surface area contributed by atoms with Gasteiger partial charge in [0.05, 0.1) is 0 Å². The summed E-state index contributed by atoms with van der Waals surface area (Å²) in [7, 11) is 0. The zero-order valence-electron chi connectivity index (χ0n) is 14.6. The summed E-state index contributed by atoms with van der Waals surface area (Å²) < 4.78 is 0. The van der Waals surface area contributed by atoms with Crippen LogP contribution in [-0.2, 0) is 6.54 Å². The molecule has 26 heavy (non-hydrogen) atoms. The number of phenols is 2. The molecule has 1 saturated heterocycles. The normalized spacial score (nSPS) is 20.3. The third-order valence-corrected chi connectivity index (χ3v) is 5.32. The van der Waals surface area contributed by atoms with Gasteiger partial charge in [-0.1, -0.05) is 66.7 Å². The Morgan fingerprint density at radius 2 is 1.12 bits per heavy atom. The number of hydrogen-bond acceptors (Lipinski definition) is 3. The predicted octanol–water partition coefficient (Wildman–Crippen LogP) is 4.48. The number of para-hydroxylation sites is 2. The van der Waals surface area contributed by atoms with Crippen LogP contribution in [-0.4, -0.2) is 28.2 Å². The Labute approximate surface area is 154 Å². The van der Waals surface area contributed by atoms with Crippen LogP contribution in [0, 0.1) is 0 Å².